The zero-order valence-corrected chi connectivity index (χ0v) is 14.6. The number of aromatic nitrogens is 1. The number of nitrogens with zero attached hydrogens (tertiary/aromatic N) is 2. The summed E-state index contributed by atoms with van der Waals surface area (Å²) in [6, 6.07) is 14.2. The van der Waals surface area contributed by atoms with Gasteiger partial charge in [0, 0.05) is 23.8 Å². The summed E-state index contributed by atoms with van der Waals surface area (Å²) in [6.45, 7) is 0. The first-order valence-corrected chi connectivity index (χ1v) is 9.39. The molecule has 25 heavy (non-hydrogen) atoms. The van der Waals surface area contributed by atoms with Gasteiger partial charge in [0.2, 0.25) is 0 Å². The smallest absolute Gasteiger partial charge is 0.111 e. The Labute approximate surface area is 149 Å². The van der Waals surface area contributed by atoms with Crippen LogP contribution in [0.1, 0.15) is 54.2 Å². The van der Waals surface area contributed by atoms with E-state index in [4.69, 9.17) is 4.74 Å². The van der Waals surface area contributed by atoms with Gasteiger partial charge in [0.05, 0.1) is 11.8 Å². The van der Waals surface area contributed by atoms with Crippen LogP contribution in [0, 0.1) is 0 Å². The number of rotatable bonds is 2. The van der Waals surface area contributed by atoms with E-state index in [1.54, 1.807) is 0 Å². The van der Waals surface area contributed by atoms with Crippen molar-refractivity contribution in [1.82, 2.24) is 9.88 Å². The van der Waals surface area contributed by atoms with Gasteiger partial charge in [0.15, 0.2) is 0 Å². The molecule has 4 atom stereocenters. The van der Waals surface area contributed by atoms with Crippen LogP contribution in [-0.2, 0) is 4.74 Å². The fourth-order valence-electron chi connectivity index (χ4n) is 4.84. The average Bonchev–Trinajstić information content (AvgIpc) is 2.82. The van der Waals surface area contributed by atoms with Gasteiger partial charge in [-0.1, -0.05) is 36.4 Å². The maximum Gasteiger partial charge on any atom is 0.111 e. The average molecular weight is 332 g/mol. The second kappa shape index (κ2) is 6.08. The van der Waals surface area contributed by atoms with Crippen molar-refractivity contribution in [3.63, 3.8) is 0 Å². The van der Waals surface area contributed by atoms with E-state index in [1.807, 2.05) is 12.3 Å². The van der Waals surface area contributed by atoms with Crippen LogP contribution in [0.5, 0.6) is 0 Å². The first-order valence-electron chi connectivity index (χ1n) is 9.39. The Kier molecular flexibility index (Phi) is 3.72. The monoisotopic (exact) mass is 332 g/mol. The Hall–Kier alpha value is -1.97. The Morgan fingerprint density at radius 1 is 0.960 bits per heavy atom. The second-order valence-electron chi connectivity index (χ2n) is 7.60. The Bertz CT molecular complexity index is 752. The summed E-state index contributed by atoms with van der Waals surface area (Å²) in [5, 5.41) is 0. The number of benzene rings is 1. The van der Waals surface area contributed by atoms with E-state index in [9.17, 15) is 0 Å². The van der Waals surface area contributed by atoms with E-state index >= 15 is 0 Å². The first-order chi connectivity index (χ1) is 12.3. The molecule has 2 fully saturated rings. The van der Waals surface area contributed by atoms with Crippen LogP contribution in [-0.4, -0.2) is 35.1 Å². The third-order valence-corrected chi connectivity index (χ3v) is 6.24. The maximum absolute atomic E-state index is 6.79. The highest BCUT2D eigenvalue weighted by Gasteiger charge is 2.40. The molecular weight excluding hydrogens is 308 g/mol. The Morgan fingerprint density at radius 2 is 1.72 bits per heavy atom. The molecule has 0 saturated carbocycles. The molecule has 2 bridgehead atoms. The van der Waals surface area contributed by atoms with E-state index in [1.165, 1.54) is 29.5 Å². The summed E-state index contributed by atoms with van der Waals surface area (Å²) in [7, 11) is 2.28. The normalized spacial score (nSPS) is 30.6. The van der Waals surface area contributed by atoms with E-state index < -0.39 is 0 Å². The van der Waals surface area contributed by atoms with Crippen molar-refractivity contribution in [3.05, 3.63) is 65.0 Å². The van der Waals surface area contributed by atoms with Gasteiger partial charge in [-0.05, 0) is 56.0 Å². The maximum atomic E-state index is 6.79. The largest absolute Gasteiger partial charge is 0.365 e. The Morgan fingerprint density at radius 3 is 2.56 bits per heavy atom. The lowest BCUT2D eigenvalue weighted by atomic mass is 9.96. The molecule has 3 aliphatic rings. The molecule has 5 rings (SSSR count). The van der Waals surface area contributed by atoms with Gasteiger partial charge in [0.25, 0.3) is 0 Å². The molecule has 3 heteroatoms. The van der Waals surface area contributed by atoms with Gasteiger partial charge in [-0.25, -0.2) is 0 Å². The van der Waals surface area contributed by atoms with Crippen molar-refractivity contribution in [2.24, 2.45) is 0 Å². The zero-order valence-electron chi connectivity index (χ0n) is 14.6. The minimum atomic E-state index is -0.0253. The molecule has 1 aliphatic carbocycles. The number of piperidine rings is 1. The van der Waals surface area contributed by atoms with E-state index in [0.717, 1.165) is 18.5 Å². The molecule has 1 aromatic carbocycles. The SMILES string of the molecule is CN1[C@@H]2CC[C@H]1CC(OC1c3ccccc3C=Cc3ncccc31)C2. The van der Waals surface area contributed by atoms with Crippen LogP contribution >= 0.6 is 0 Å². The predicted molar refractivity (Wildman–Crippen MR) is 100 cm³/mol. The Balaban J connectivity index is 1.51. The molecule has 0 N–H and O–H groups in total. The highest BCUT2D eigenvalue weighted by molar-refractivity contribution is 5.74. The van der Waals surface area contributed by atoms with E-state index in [-0.39, 0.29) is 6.10 Å². The summed E-state index contributed by atoms with van der Waals surface area (Å²) in [4.78, 5) is 7.15. The highest BCUT2D eigenvalue weighted by Crippen LogP contribution is 2.40. The number of pyridine rings is 1. The van der Waals surface area contributed by atoms with Crippen molar-refractivity contribution < 1.29 is 4.74 Å². The van der Waals surface area contributed by atoms with Crippen molar-refractivity contribution in [2.45, 2.75) is 50.0 Å². The molecule has 2 unspecified atom stereocenters. The predicted octanol–water partition coefficient (Wildman–Crippen LogP) is 4.30. The van der Waals surface area contributed by atoms with Crippen LogP contribution < -0.4 is 0 Å². The number of hydrogen-bond acceptors (Lipinski definition) is 3. The minimum Gasteiger partial charge on any atom is -0.365 e. The standard InChI is InChI=1S/C22H24N2O/c1-24-16-9-10-17(24)14-18(13-16)25-22-19-6-3-2-5-15(19)8-11-21-20(22)7-4-12-23-21/h2-8,11-12,16-18,22H,9-10,13-14H2,1H3/t16-,17+,18?,22?. The van der Waals surface area contributed by atoms with Crippen LogP contribution in [0.15, 0.2) is 42.6 Å². The lowest BCUT2D eigenvalue weighted by molar-refractivity contribution is -0.0428. The highest BCUT2D eigenvalue weighted by atomic mass is 16.5. The summed E-state index contributed by atoms with van der Waals surface area (Å²) >= 11 is 0. The van der Waals surface area contributed by atoms with Gasteiger partial charge in [-0.15, -0.1) is 0 Å². The minimum absolute atomic E-state index is 0.0253. The van der Waals surface area contributed by atoms with Gasteiger partial charge in [-0.3, -0.25) is 4.98 Å². The molecule has 128 valence electrons. The molecule has 0 radical (unpaired) electrons. The molecule has 0 spiro atoms. The fraction of sp³-hybridized carbons (Fsp3) is 0.409. The molecule has 3 nitrogen and oxygen atoms in total. The fourth-order valence-corrected chi connectivity index (χ4v) is 4.84. The number of hydrogen-bond donors (Lipinski definition) is 0. The summed E-state index contributed by atoms with van der Waals surface area (Å²) < 4.78 is 6.79. The molecule has 2 aromatic rings. The quantitative estimate of drug-likeness (QED) is 0.820. The van der Waals surface area contributed by atoms with Crippen molar-refractivity contribution >= 4 is 12.2 Å². The molecule has 1 aromatic heterocycles. The second-order valence-corrected chi connectivity index (χ2v) is 7.60. The summed E-state index contributed by atoms with van der Waals surface area (Å²) in [5.74, 6) is 0. The van der Waals surface area contributed by atoms with Crippen molar-refractivity contribution in [2.75, 3.05) is 7.05 Å². The third-order valence-electron chi connectivity index (χ3n) is 6.24. The molecular formula is C22H24N2O. The lowest BCUT2D eigenvalue weighted by Crippen LogP contribution is -2.43. The number of fused-ring (bicyclic) bond motifs is 4. The van der Waals surface area contributed by atoms with Crippen LogP contribution in [0.3, 0.4) is 0 Å². The first kappa shape index (κ1) is 15.3. The van der Waals surface area contributed by atoms with Crippen LogP contribution in [0.25, 0.3) is 12.2 Å². The lowest BCUT2D eigenvalue weighted by Gasteiger charge is -2.38. The summed E-state index contributed by atoms with van der Waals surface area (Å²) in [6.07, 6.45) is 11.4. The zero-order chi connectivity index (χ0) is 16.8. The molecule has 2 saturated heterocycles. The topological polar surface area (TPSA) is 25.4 Å². The molecule has 2 aliphatic heterocycles. The van der Waals surface area contributed by atoms with Crippen molar-refractivity contribution in [1.29, 1.82) is 0 Å². The van der Waals surface area contributed by atoms with Crippen LogP contribution in [0.2, 0.25) is 0 Å². The van der Waals surface area contributed by atoms with Gasteiger partial charge in [0.1, 0.15) is 6.10 Å². The molecule has 0 amide bonds. The van der Waals surface area contributed by atoms with Crippen LogP contribution in [0.4, 0.5) is 0 Å². The number of ether oxygens (including phenoxy) is 1. The summed E-state index contributed by atoms with van der Waals surface area (Å²) in [5.41, 5.74) is 4.72. The van der Waals surface area contributed by atoms with Gasteiger partial charge < -0.3 is 9.64 Å². The van der Waals surface area contributed by atoms with E-state index in [0.29, 0.717) is 18.2 Å². The third kappa shape index (κ3) is 2.62. The van der Waals surface area contributed by atoms with E-state index in [2.05, 4.69) is 59.4 Å². The van der Waals surface area contributed by atoms with Gasteiger partial charge >= 0.3 is 0 Å². The molecule has 3 heterocycles. The van der Waals surface area contributed by atoms with Crippen molar-refractivity contribution in [3.8, 4) is 0 Å². The van der Waals surface area contributed by atoms with Gasteiger partial charge in [-0.2, -0.15) is 0 Å².